The van der Waals surface area contributed by atoms with E-state index in [4.69, 9.17) is 4.74 Å². The number of Topliss-reactive ketones (excluding diaryl/α,β-unsaturated/α-hetero) is 1. The van der Waals surface area contributed by atoms with Gasteiger partial charge in [0.05, 0.1) is 7.11 Å². The molecule has 0 atom stereocenters. The van der Waals surface area contributed by atoms with Crippen molar-refractivity contribution in [3.63, 3.8) is 0 Å². The average Bonchev–Trinajstić information content (AvgIpc) is 2.38. The Morgan fingerprint density at radius 1 is 1.18 bits per heavy atom. The SMILES string of the molecule is COc1cccc(C(C)=O)c1-c1ccncc1. The van der Waals surface area contributed by atoms with E-state index in [1.54, 1.807) is 32.5 Å². The fourth-order valence-electron chi connectivity index (χ4n) is 1.81. The highest BCUT2D eigenvalue weighted by molar-refractivity contribution is 6.02. The normalized spacial score (nSPS) is 10.0. The van der Waals surface area contributed by atoms with Gasteiger partial charge in [0.1, 0.15) is 5.75 Å². The number of carbonyl (C=O) groups excluding carboxylic acids is 1. The third kappa shape index (κ3) is 2.18. The molecule has 1 aromatic heterocycles. The Bertz CT molecular complexity index is 535. The minimum atomic E-state index is 0.0238. The van der Waals surface area contributed by atoms with E-state index in [1.807, 2.05) is 24.3 Å². The summed E-state index contributed by atoms with van der Waals surface area (Å²) in [5, 5.41) is 0. The predicted octanol–water partition coefficient (Wildman–Crippen LogP) is 2.96. The lowest BCUT2D eigenvalue weighted by atomic mass is 9.97. The first-order valence-electron chi connectivity index (χ1n) is 5.32. The fourth-order valence-corrected chi connectivity index (χ4v) is 1.81. The van der Waals surface area contributed by atoms with Crippen molar-refractivity contribution in [2.24, 2.45) is 0 Å². The van der Waals surface area contributed by atoms with Gasteiger partial charge in [-0.1, -0.05) is 12.1 Å². The van der Waals surface area contributed by atoms with E-state index >= 15 is 0 Å². The van der Waals surface area contributed by atoms with Gasteiger partial charge in [-0.2, -0.15) is 0 Å². The molecule has 0 fully saturated rings. The maximum Gasteiger partial charge on any atom is 0.160 e. The molecule has 0 saturated carbocycles. The van der Waals surface area contributed by atoms with Crippen LogP contribution in [0.3, 0.4) is 0 Å². The van der Waals surface area contributed by atoms with Crippen LogP contribution in [0.5, 0.6) is 5.75 Å². The Kier molecular flexibility index (Phi) is 3.19. The van der Waals surface area contributed by atoms with Crippen molar-refractivity contribution in [2.75, 3.05) is 7.11 Å². The fraction of sp³-hybridized carbons (Fsp3) is 0.143. The zero-order valence-corrected chi connectivity index (χ0v) is 9.81. The minimum absolute atomic E-state index is 0.0238. The first kappa shape index (κ1) is 11.3. The van der Waals surface area contributed by atoms with Crippen LogP contribution in [0, 0.1) is 0 Å². The Labute approximate surface area is 100 Å². The van der Waals surface area contributed by atoms with Gasteiger partial charge in [0.15, 0.2) is 5.78 Å². The van der Waals surface area contributed by atoms with E-state index in [2.05, 4.69) is 4.98 Å². The maximum absolute atomic E-state index is 11.6. The number of nitrogens with zero attached hydrogens (tertiary/aromatic N) is 1. The van der Waals surface area contributed by atoms with E-state index < -0.39 is 0 Å². The number of pyridine rings is 1. The van der Waals surface area contributed by atoms with Crippen LogP contribution in [-0.2, 0) is 0 Å². The molecule has 1 aromatic carbocycles. The Hall–Kier alpha value is -2.16. The summed E-state index contributed by atoms with van der Waals surface area (Å²) in [5.74, 6) is 0.722. The van der Waals surface area contributed by atoms with Crippen molar-refractivity contribution in [3.05, 3.63) is 48.3 Å². The van der Waals surface area contributed by atoms with Crippen LogP contribution in [0.4, 0.5) is 0 Å². The first-order valence-corrected chi connectivity index (χ1v) is 5.32. The van der Waals surface area contributed by atoms with Crippen molar-refractivity contribution in [1.82, 2.24) is 4.98 Å². The van der Waals surface area contributed by atoms with Crippen LogP contribution in [-0.4, -0.2) is 17.9 Å². The topological polar surface area (TPSA) is 39.2 Å². The highest BCUT2D eigenvalue weighted by Gasteiger charge is 2.13. The van der Waals surface area contributed by atoms with Gasteiger partial charge in [0.2, 0.25) is 0 Å². The van der Waals surface area contributed by atoms with Gasteiger partial charge in [-0.15, -0.1) is 0 Å². The third-order valence-electron chi connectivity index (χ3n) is 2.59. The van der Waals surface area contributed by atoms with E-state index in [0.29, 0.717) is 11.3 Å². The molecule has 0 unspecified atom stereocenters. The highest BCUT2D eigenvalue weighted by Crippen LogP contribution is 2.33. The average molecular weight is 227 g/mol. The predicted molar refractivity (Wildman–Crippen MR) is 66.2 cm³/mol. The van der Waals surface area contributed by atoms with Gasteiger partial charge >= 0.3 is 0 Å². The molecule has 2 aromatic rings. The molecule has 0 N–H and O–H groups in total. The number of hydrogen-bond acceptors (Lipinski definition) is 3. The number of carbonyl (C=O) groups is 1. The summed E-state index contributed by atoms with van der Waals surface area (Å²) < 4.78 is 5.32. The summed E-state index contributed by atoms with van der Waals surface area (Å²) in [6.45, 7) is 1.56. The second-order valence-corrected chi connectivity index (χ2v) is 3.67. The quantitative estimate of drug-likeness (QED) is 0.757. The van der Waals surface area contributed by atoms with E-state index in [9.17, 15) is 4.79 Å². The maximum atomic E-state index is 11.6. The molecule has 86 valence electrons. The summed E-state index contributed by atoms with van der Waals surface area (Å²) in [7, 11) is 1.60. The van der Waals surface area contributed by atoms with Crippen LogP contribution in [0.1, 0.15) is 17.3 Å². The molecule has 1 heterocycles. The van der Waals surface area contributed by atoms with Gasteiger partial charge in [0, 0.05) is 23.5 Å². The largest absolute Gasteiger partial charge is 0.496 e. The number of rotatable bonds is 3. The molecule has 3 nitrogen and oxygen atoms in total. The summed E-state index contributed by atoms with van der Waals surface area (Å²) >= 11 is 0. The second kappa shape index (κ2) is 4.78. The smallest absolute Gasteiger partial charge is 0.160 e. The highest BCUT2D eigenvalue weighted by atomic mass is 16.5. The van der Waals surface area contributed by atoms with Gasteiger partial charge in [0.25, 0.3) is 0 Å². The molecular weight excluding hydrogens is 214 g/mol. The van der Waals surface area contributed by atoms with Crippen molar-refractivity contribution in [3.8, 4) is 16.9 Å². The molecule has 0 radical (unpaired) electrons. The van der Waals surface area contributed by atoms with Crippen molar-refractivity contribution in [2.45, 2.75) is 6.92 Å². The summed E-state index contributed by atoms with van der Waals surface area (Å²) in [6, 6.07) is 9.21. The first-order chi connectivity index (χ1) is 8.24. The van der Waals surface area contributed by atoms with Crippen molar-refractivity contribution in [1.29, 1.82) is 0 Å². The van der Waals surface area contributed by atoms with Crippen molar-refractivity contribution < 1.29 is 9.53 Å². The van der Waals surface area contributed by atoms with Crippen LogP contribution in [0.15, 0.2) is 42.7 Å². The monoisotopic (exact) mass is 227 g/mol. The number of benzene rings is 1. The molecule has 3 heteroatoms. The Morgan fingerprint density at radius 3 is 2.47 bits per heavy atom. The van der Waals surface area contributed by atoms with Crippen LogP contribution in [0.2, 0.25) is 0 Å². The molecule has 0 amide bonds. The third-order valence-corrected chi connectivity index (χ3v) is 2.59. The van der Waals surface area contributed by atoms with Crippen LogP contribution in [0.25, 0.3) is 11.1 Å². The number of hydrogen-bond donors (Lipinski definition) is 0. The molecular formula is C14H13NO2. The van der Waals surface area contributed by atoms with Gasteiger partial charge in [-0.3, -0.25) is 9.78 Å². The molecule has 0 aliphatic rings. The number of aromatic nitrogens is 1. The zero-order valence-electron chi connectivity index (χ0n) is 9.81. The summed E-state index contributed by atoms with van der Waals surface area (Å²) in [5.41, 5.74) is 2.42. The zero-order chi connectivity index (χ0) is 12.3. The number of methoxy groups -OCH3 is 1. The molecule has 0 saturated heterocycles. The lowest BCUT2D eigenvalue weighted by Crippen LogP contribution is -1.99. The molecule has 0 spiro atoms. The van der Waals surface area contributed by atoms with Gasteiger partial charge in [-0.05, 0) is 30.7 Å². The molecule has 0 aliphatic heterocycles. The number of ether oxygens (including phenoxy) is 1. The molecule has 17 heavy (non-hydrogen) atoms. The summed E-state index contributed by atoms with van der Waals surface area (Å²) in [6.07, 6.45) is 3.40. The Balaban J connectivity index is 2.69. The Morgan fingerprint density at radius 2 is 1.88 bits per heavy atom. The molecule has 2 rings (SSSR count). The lowest BCUT2D eigenvalue weighted by molar-refractivity contribution is 0.101. The van der Waals surface area contributed by atoms with Crippen LogP contribution < -0.4 is 4.74 Å². The van der Waals surface area contributed by atoms with Crippen LogP contribution >= 0.6 is 0 Å². The van der Waals surface area contributed by atoms with E-state index in [0.717, 1.165) is 11.1 Å². The van der Waals surface area contributed by atoms with Crippen molar-refractivity contribution >= 4 is 5.78 Å². The summed E-state index contributed by atoms with van der Waals surface area (Å²) in [4.78, 5) is 15.6. The van der Waals surface area contributed by atoms with E-state index in [-0.39, 0.29) is 5.78 Å². The number of ketones is 1. The molecule has 0 bridgehead atoms. The standard InChI is InChI=1S/C14H13NO2/c1-10(16)12-4-3-5-13(17-2)14(12)11-6-8-15-9-7-11/h3-9H,1-2H3. The molecule has 0 aliphatic carbocycles. The van der Waals surface area contributed by atoms with E-state index in [1.165, 1.54) is 0 Å². The van der Waals surface area contributed by atoms with Gasteiger partial charge < -0.3 is 4.74 Å². The lowest BCUT2D eigenvalue weighted by Gasteiger charge is -2.12. The van der Waals surface area contributed by atoms with Gasteiger partial charge in [-0.25, -0.2) is 0 Å². The minimum Gasteiger partial charge on any atom is -0.496 e. The second-order valence-electron chi connectivity index (χ2n) is 3.67.